The van der Waals surface area contributed by atoms with E-state index in [9.17, 15) is 4.79 Å². The molecule has 1 aliphatic heterocycles. The fraction of sp³-hybridized carbons (Fsp3) is 0.750. The van der Waals surface area contributed by atoms with Crippen LogP contribution in [0, 0.1) is 0 Å². The van der Waals surface area contributed by atoms with Gasteiger partial charge in [0.2, 0.25) is 11.1 Å². The van der Waals surface area contributed by atoms with Gasteiger partial charge in [-0.15, -0.1) is 10.2 Å². The van der Waals surface area contributed by atoms with E-state index in [-0.39, 0.29) is 12.0 Å². The average molecular weight is 297 g/mol. The van der Waals surface area contributed by atoms with Crippen molar-refractivity contribution in [2.24, 2.45) is 0 Å². The molecule has 8 heteroatoms. The van der Waals surface area contributed by atoms with E-state index in [2.05, 4.69) is 15.5 Å². The van der Waals surface area contributed by atoms with E-state index in [1.165, 1.54) is 16.4 Å². The van der Waals surface area contributed by atoms with Gasteiger partial charge in [0.05, 0.1) is 11.9 Å². The normalized spacial score (nSPS) is 22.1. The Labute approximate surface area is 121 Å². The zero-order chi connectivity index (χ0) is 13.9. The number of amides is 1. The van der Waals surface area contributed by atoms with Crippen LogP contribution in [-0.2, 0) is 9.53 Å². The van der Waals surface area contributed by atoms with Crippen LogP contribution in [0.15, 0.2) is 5.16 Å². The largest absolute Gasteiger partial charge is 0.376 e. The standard InChI is InChI=1S/C12H19N5O2S/c13-17-11(8-3-4-8)15-16-12(17)20-7-10(18)14-6-9-2-1-5-19-9/h8-9H,1-7,13H2,(H,14,18)/t9-/m1/s1. The third-order valence-electron chi connectivity index (χ3n) is 3.52. The molecule has 2 aliphatic rings. The van der Waals surface area contributed by atoms with E-state index >= 15 is 0 Å². The monoisotopic (exact) mass is 297 g/mol. The van der Waals surface area contributed by atoms with Gasteiger partial charge >= 0.3 is 0 Å². The molecule has 1 saturated heterocycles. The van der Waals surface area contributed by atoms with Crippen molar-refractivity contribution >= 4 is 17.7 Å². The Balaban J connectivity index is 1.42. The molecule has 110 valence electrons. The van der Waals surface area contributed by atoms with Crippen molar-refractivity contribution in [2.45, 2.75) is 42.9 Å². The van der Waals surface area contributed by atoms with Crippen molar-refractivity contribution in [1.29, 1.82) is 0 Å². The lowest BCUT2D eigenvalue weighted by Crippen LogP contribution is -2.33. The zero-order valence-electron chi connectivity index (χ0n) is 11.2. The lowest BCUT2D eigenvalue weighted by atomic mass is 10.2. The minimum Gasteiger partial charge on any atom is -0.376 e. The van der Waals surface area contributed by atoms with E-state index in [1.807, 2.05) is 0 Å². The molecule has 2 heterocycles. The Morgan fingerprint density at radius 1 is 1.45 bits per heavy atom. The number of aromatic nitrogens is 3. The van der Waals surface area contributed by atoms with Gasteiger partial charge in [-0.1, -0.05) is 11.8 Å². The van der Waals surface area contributed by atoms with Gasteiger partial charge in [-0.3, -0.25) is 4.79 Å². The van der Waals surface area contributed by atoms with Crippen LogP contribution in [0.2, 0.25) is 0 Å². The number of carbonyl (C=O) groups is 1. The van der Waals surface area contributed by atoms with Crippen molar-refractivity contribution in [3.05, 3.63) is 5.82 Å². The minimum atomic E-state index is -0.0264. The molecule has 3 N–H and O–H groups in total. The minimum absolute atomic E-state index is 0.0264. The molecule has 0 aromatic carbocycles. The molecule has 1 aromatic heterocycles. The fourth-order valence-corrected chi connectivity index (χ4v) is 2.91. The smallest absolute Gasteiger partial charge is 0.230 e. The number of ether oxygens (including phenoxy) is 1. The highest BCUT2D eigenvalue weighted by atomic mass is 32.2. The summed E-state index contributed by atoms with van der Waals surface area (Å²) in [5.74, 6) is 7.48. The van der Waals surface area contributed by atoms with E-state index in [4.69, 9.17) is 10.6 Å². The fourth-order valence-electron chi connectivity index (χ4n) is 2.22. The first kappa shape index (κ1) is 13.7. The quantitative estimate of drug-likeness (QED) is 0.577. The maximum Gasteiger partial charge on any atom is 0.230 e. The molecule has 1 saturated carbocycles. The van der Waals surface area contributed by atoms with Crippen molar-refractivity contribution in [3.63, 3.8) is 0 Å². The summed E-state index contributed by atoms with van der Waals surface area (Å²) in [6.07, 6.45) is 4.53. The molecule has 0 unspecified atom stereocenters. The Hall–Kier alpha value is -1.28. The Morgan fingerprint density at radius 2 is 2.30 bits per heavy atom. The second-order valence-corrected chi connectivity index (χ2v) is 6.16. The highest BCUT2D eigenvalue weighted by Gasteiger charge is 2.30. The molecule has 3 rings (SSSR count). The number of nitrogens with two attached hydrogens (primary N) is 1. The second-order valence-electron chi connectivity index (χ2n) is 5.21. The maximum absolute atomic E-state index is 11.8. The molecule has 0 radical (unpaired) electrons. The van der Waals surface area contributed by atoms with Crippen LogP contribution in [0.1, 0.15) is 37.4 Å². The summed E-state index contributed by atoms with van der Waals surface area (Å²) in [5.41, 5.74) is 0. The average Bonchev–Trinajstić information content (AvgIpc) is 3.02. The van der Waals surface area contributed by atoms with Gasteiger partial charge in [0.15, 0.2) is 5.82 Å². The Morgan fingerprint density at radius 3 is 3.00 bits per heavy atom. The summed E-state index contributed by atoms with van der Waals surface area (Å²) >= 11 is 1.32. The van der Waals surface area contributed by atoms with Crippen molar-refractivity contribution in [1.82, 2.24) is 20.2 Å². The van der Waals surface area contributed by atoms with Crippen molar-refractivity contribution in [2.75, 3.05) is 24.7 Å². The predicted molar refractivity (Wildman–Crippen MR) is 74.9 cm³/mol. The molecule has 20 heavy (non-hydrogen) atoms. The topological polar surface area (TPSA) is 95.1 Å². The molecular formula is C12H19N5O2S. The summed E-state index contributed by atoms with van der Waals surface area (Å²) in [5, 5.41) is 11.6. The van der Waals surface area contributed by atoms with Crippen LogP contribution < -0.4 is 11.2 Å². The van der Waals surface area contributed by atoms with Gasteiger partial charge in [-0.2, -0.15) is 0 Å². The van der Waals surface area contributed by atoms with E-state index < -0.39 is 0 Å². The Bertz CT molecular complexity index is 482. The van der Waals surface area contributed by atoms with Gasteiger partial charge < -0.3 is 15.9 Å². The molecule has 1 atom stereocenters. The molecule has 7 nitrogen and oxygen atoms in total. The number of hydrogen-bond acceptors (Lipinski definition) is 6. The van der Waals surface area contributed by atoms with E-state index in [0.29, 0.717) is 23.4 Å². The van der Waals surface area contributed by atoms with Gasteiger partial charge in [0, 0.05) is 19.1 Å². The van der Waals surface area contributed by atoms with Crippen molar-refractivity contribution < 1.29 is 9.53 Å². The van der Waals surface area contributed by atoms with Gasteiger partial charge in [0.1, 0.15) is 0 Å². The number of rotatable bonds is 6. The van der Waals surface area contributed by atoms with Crippen LogP contribution in [0.25, 0.3) is 0 Å². The summed E-state index contributed by atoms with van der Waals surface area (Å²) < 4.78 is 6.96. The first-order chi connectivity index (χ1) is 9.74. The molecule has 0 bridgehead atoms. The second kappa shape index (κ2) is 6.01. The zero-order valence-corrected chi connectivity index (χ0v) is 12.1. The van der Waals surface area contributed by atoms with Crippen LogP contribution in [0.4, 0.5) is 0 Å². The van der Waals surface area contributed by atoms with Crippen LogP contribution in [0.3, 0.4) is 0 Å². The predicted octanol–water partition coefficient (Wildman–Crippen LogP) is 0.257. The summed E-state index contributed by atoms with van der Waals surface area (Å²) in [4.78, 5) is 11.8. The van der Waals surface area contributed by atoms with Gasteiger partial charge in [-0.25, -0.2) is 4.68 Å². The van der Waals surface area contributed by atoms with E-state index in [0.717, 1.165) is 38.1 Å². The first-order valence-corrected chi connectivity index (χ1v) is 7.94. The van der Waals surface area contributed by atoms with Crippen molar-refractivity contribution in [3.8, 4) is 0 Å². The number of nitrogen functional groups attached to an aromatic ring is 1. The molecule has 1 aliphatic carbocycles. The third kappa shape index (κ3) is 3.24. The van der Waals surface area contributed by atoms with Gasteiger partial charge in [0.25, 0.3) is 0 Å². The lowest BCUT2D eigenvalue weighted by molar-refractivity contribution is -0.119. The van der Waals surface area contributed by atoms with Crippen LogP contribution in [-0.4, -0.2) is 45.8 Å². The molecule has 1 amide bonds. The van der Waals surface area contributed by atoms with Crippen LogP contribution in [0.5, 0.6) is 0 Å². The highest BCUT2D eigenvalue weighted by Crippen LogP contribution is 2.39. The number of nitrogens with zero attached hydrogens (tertiary/aromatic N) is 3. The number of thioether (sulfide) groups is 1. The summed E-state index contributed by atoms with van der Waals surface area (Å²) in [7, 11) is 0. The van der Waals surface area contributed by atoms with Crippen LogP contribution >= 0.6 is 11.8 Å². The molecular weight excluding hydrogens is 278 g/mol. The molecule has 1 aromatic rings. The Kier molecular flexibility index (Phi) is 4.11. The maximum atomic E-state index is 11.8. The molecule has 0 spiro atoms. The lowest BCUT2D eigenvalue weighted by Gasteiger charge is -2.10. The first-order valence-electron chi connectivity index (χ1n) is 6.95. The highest BCUT2D eigenvalue weighted by molar-refractivity contribution is 7.99. The number of nitrogens with one attached hydrogen (secondary N) is 1. The summed E-state index contributed by atoms with van der Waals surface area (Å²) in [6, 6.07) is 0. The third-order valence-corrected chi connectivity index (χ3v) is 4.46. The SMILES string of the molecule is Nn1c(SCC(=O)NC[C@H]2CCCO2)nnc1C1CC1. The summed E-state index contributed by atoms with van der Waals surface area (Å²) in [6.45, 7) is 1.39. The number of carbonyl (C=O) groups excluding carboxylic acids is 1. The number of hydrogen-bond donors (Lipinski definition) is 2. The molecule has 2 fully saturated rings. The van der Waals surface area contributed by atoms with E-state index in [1.54, 1.807) is 0 Å². The van der Waals surface area contributed by atoms with Gasteiger partial charge in [-0.05, 0) is 25.7 Å².